The minimum Gasteiger partial charge on any atom is -0.375 e. The minimum atomic E-state index is 0.0300. The van der Waals surface area contributed by atoms with Crippen molar-refractivity contribution < 1.29 is 0 Å². The molecule has 0 aliphatic carbocycles. The third kappa shape index (κ3) is 5.46. The zero-order chi connectivity index (χ0) is 15.3. The third-order valence-corrected chi connectivity index (χ3v) is 4.10. The summed E-state index contributed by atoms with van der Waals surface area (Å²) in [6, 6.07) is 10.5. The lowest BCUT2D eigenvalue weighted by Crippen LogP contribution is -2.47. The summed E-state index contributed by atoms with van der Waals surface area (Å²) in [5.74, 6) is 0. The predicted molar refractivity (Wildman–Crippen MR) is 90.2 cm³/mol. The average molecular weight is 304 g/mol. The number of nitrogens with one attached hydrogen (secondary N) is 1. The van der Waals surface area contributed by atoms with E-state index in [0.717, 1.165) is 19.6 Å². The number of benzene rings is 1. The van der Waals surface area contributed by atoms with Crippen molar-refractivity contribution in [2.24, 2.45) is 0 Å². The van der Waals surface area contributed by atoms with Gasteiger partial charge in [0.05, 0.1) is 0 Å². The summed E-state index contributed by atoms with van der Waals surface area (Å²) in [7, 11) is 2.15. The van der Waals surface area contributed by atoms with Crippen LogP contribution in [-0.2, 0) is 13.1 Å². The van der Waals surface area contributed by atoms with Gasteiger partial charge in [0.25, 0.3) is 0 Å². The van der Waals surface area contributed by atoms with Crippen molar-refractivity contribution in [3.05, 3.63) is 47.0 Å². The van der Waals surface area contributed by atoms with Crippen molar-refractivity contribution in [3.8, 4) is 0 Å². The highest BCUT2D eigenvalue weighted by Crippen LogP contribution is 2.16. The van der Waals surface area contributed by atoms with Gasteiger partial charge in [-0.15, -0.1) is 11.3 Å². The van der Waals surface area contributed by atoms with Gasteiger partial charge in [-0.3, -0.25) is 0 Å². The molecule has 3 N–H and O–H groups in total. The summed E-state index contributed by atoms with van der Waals surface area (Å²) in [5, 5.41) is 4.21. The van der Waals surface area contributed by atoms with Crippen LogP contribution >= 0.6 is 11.3 Å². The lowest BCUT2D eigenvalue weighted by Gasteiger charge is -2.31. The lowest BCUT2D eigenvalue weighted by molar-refractivity contribution is 0.228. The molecule has 2 aromatic rings. The van der Waals surface area contributed by atoms with Crippen LogP contribution in [0, 0.1) is 0 Å². The first kappa shape index (κ1) is 15.9. The van der Waals surface area contributed by atoms with Gasteiger partial charge in [0, 0.05) is 36.2 Å². The maximum atomic E-state index is 5.66. The number of nitrogens with two attached hydrogens (primary N) is 1. The van der Waals surface area contributed by atoms with E-state index < -0.39 is 0 Å². The second kappa shape index (κ2) is 7.02. The number of nitrogen functional groups attached to an aromatic ring is 1. The van der Waals surface area contributed by atoms with Gasteiger partial charge in [-0.25, -0.2) is 4.98 Å². The van der Waals surface area contributed by atoms with E-state index in [9.17, 15) is 0 Å². The summed E-state index contributed by atoms with van der Waals surface area (Å²) in [5.41, 5.74) is 7.02. The summed E-state index contributed by atoms with van der Waals surface area (Å²) in [6.07, 6.45) is 1.84. The maximum absolute atomic E-state index is 5.66. The Bertz CT molecular complexity index is 550. The van der Waals surface area contributed by atoms with Crippen LogP contribution in [0.3, 0.4) is 0 Å². The van der Waals surface area contributed by atoms with Crippen LogP contribution in [-0.4, -0.2) is 29.0 Å². The molecule has 114 valence electrons. The molecule has 0 spiro atoms. The number of thiazole rings is 1. The smallest absolute Gasteiger partial charge is 0.180 e. The Morgan fingerprint density at radius 2 is 2.00 bits per heavy atom. The lowest BCUT2D eigenvalue weighted by atomic mass is 10.0. The molecular formula is C16H24N4S. The van der Waals surface area contributed by atoms with Gasteiger partial charge in [-0.05, 0) is 26.5 Å². The number of rotatable bonds is 7. The fraction of sp³-hybridized carbons (Fsp3) is 0.438. The second-order valence-electron chi connectivity index (χ2n) is 6.06. The number of hydrogen-bond donors (Lipinski definition) is 2. The summed E-state index contributed by atoms with van der Waals surface area (Å²) in [4.78, 5) is 7.59. The fourth-order valence-corrected chi connectivity index (χ4v) is 3.04. The molecule has 0 aliphatic rings. The van der Waals surface area contributed by atoms with Gasteiger partial charge in [0.1, 0.15) is 0 Å². The predicted octanol–water partition coefficient (Wildman–Crippen LogP) is 2.73. The van der Waals surface area contributed by atoms with Crippen molar-refractivity contribution in [2.75, 3.05) is 19.3 Å². The molecule has 5 heteroatoms. The largest absolute Gasteiger partial charge is 0.375 e. The first-order valence-corrected chi connectivity index (χ1v) is 7.94. The zero-order valence-electron chi connectivity index (χ0n) is 13.0. The second-order valence-corrected chi connectivity index (χ2v) is 7.21. The van der Waals surface area contributed by atoms with Crippen molar-refractivity contribution in [2.45, 2.75) is 32.5 Å². The Hall–Kier alpha value is -1.43. The summed E-state index contributed by atoms with van der Waals surface area (Å²) >= 11 is 1.54. The van der Waals surface area contributed by atoms with Crippen LogP contribution in [0.25, 0.3) is 0 Å². The van der Waals surface area contributed by atoms with Crippen LogP contribution in [0.15, 0.2) is 36.5 Å². The first-order chi connectivity index (χ1) is 9.94. The topological polar surface area (TPSA) is 54.2 Å². The summed E-state index contributed by atoms with van der Waals surface area (Å²) in [6.45, 7) is 7.18. The molecule has 4 nitrogen and oxygen atoms in total. The molecule has 0 amide bonds. The van der Waals surface area contributed by atoms with Gasteiger partial charge in [0.15, 0.2) is 5.13 Å². The van der Waals surface area contributed by atoms with Crippen molar-refractivity contribution in [1.82, 2.24) is 15.2 Å². The first-order valence-electron chi connectivity index (χ1n) is 7.12. The minimum absolute atomic E-state index is 0.0300. The molecule has 1 aromatic carbocycles. The number of hydrogen-bond acceptors (Lipinski definition) is 5. The highest BCUT2D eigenvalue weighted by atomic mass is 32.1. The molecule has 21 heavy (non-hydrogen) atoms. The molecule has 0 unspecified atom stereocenters. The van der Waals surface area contributed by atoms with Crippen LogP contribution in [0.1, 0.15) is 24.3 Å². The Morgan fingerprint density at radius 1 is 1.29 bits per heavy atom. The van der Waals surface area contributed by atoms with Gasteiger partial charge in [-0.1, -0.05) is 30.3 Å². The number of aromatic nitrogens is 1. The van der Waals surface area contributed by atoms with Gasteiger partial charge in [0.2, 0.25) is 0 Å². The van der Waals surface area contributed by atoms with Crippen LogP contribution in [0.5, 0.6) is 0 Å². The monoisotopic (exact) mass is 304 g/mol. The molecule has 0 radical (unpaired) electrons. The van der Waals surface area contributed by atoms with Crippen molar-refractivity contribution in [3.63, 3.8) is 0 Å². The van der Waals surface area contributed by atoms with E-state index in [1.165, 1.54) is 10.4 Å². The SMILES string of the molecule is CN(Cc1ccccc1)CC(C)(C)NCc1cnc(N)s1. The molecule has 0 fully saturated rings. The van der Waals surface area contributed by atoms with Gasteiger partial charge < -0.3 is 16.0 Å². The normalized spacial score (nSPS) is 12.0. The van der Waals surface area contributed by atoms with E-state index in [-0.39, 0.29) is 5.54 Å². The van der Waals surface area contributed by atoms with E-state index >= 15 is 0 Å². The van der Waals surface area contributed by atoms with Crippen LogP contribution < -0.4 is 11.1 Å². The van der Waals surface area contributed by atoms with E-state index in [1.54, 1.807) is 11.3 Å². The Kier molecular flexibility index (Phi) is 5.33. The molecule has 0 saturated heterocycles. The van der Waals surface area contributed by atoms with Crippen molar-refractivity contribution >= 4 is 16.5 Å². The zero-order valence-corrected chi connectivity index (χ0v) is 13.8. The van der Waals surface area contributed by atoms with Crippen molar-refractivity contribution in [1.29, 1.82) is 0 Å². The average Bonchev–Trinajstić information content (AvgIpc) is 2.83. The van der Waals surface area contributed by atoms with Crippen LogP contribution in [0.4, 0.5) is 5.13 Å². The number of nitrogens with zero attached hydrogens (tertiary/aromatic N) is 2. The quantitative estimate of drug-likeness (QED) is 0.826. The van der Waals surface area contributed by atoms with E-state index in [4.69, 9.17) is 5.73 Å². The van der Waals surface area contributed by atoms with E-state index in [2.05, 4.69) is 66.4 Å². The molecule has 2 rings (SSSR count). The van der Waals surface area contributed by atoms with E-state index in [0.29, 0.717) is 5.13 Å². The molecule has 0 aliphatic heterocycles. The fourth-order valence-electron chi connectivity index (χ4n) is 2.41. The highest BCUT2D eigenvalue weighted by Gasteiger charge is 2.19. The Labute approximate surface area is 131 Å². The number of likely N-dealkylation sites (N-methyl/N-ethyl adjacent to an activating group) is 1. The number of anilines is 1. The molecule has 0 bridgehead atoms. The van der Waals surface area contributed by atoms with Crippen LogP contribution in [0.2, 0.25) is 0 Å². The molecule has 1 aromatic heterocycles. The maximum Gasteiger partial charge on any atom is 0.180 e. The summed E-state index contributed by atoms with van der Waals surface area (Å²) < 4.78 is 0. The Balaban J connectivity index is 1.82. The highest BCUT2D eigenvalue weighted by molar-refractivity contribution is 7.15. The van der Waals surface area contributed by atoms with Gasteiger partial charge in [-0.2, -0.15) is 0 Å². The standard InChI is InChI=1S/C16H24N4S/c1-16(2,19-10-14-9-18-15(17)21-14)12-20(3)11-13-7-5-4-6-8-13/h4-9,19H,10-12H2,1-3H3,(H2,17,18). The molecule has 0 saturated carbocycles. The third-order valence-electron chi connectivity index (χ3n) is 3.27. The Morgan fingerprint density at radius 3 is 2.62 bits per heavy atom. The molecular weight excluding hydrogens is 280 g/mol. The van der Waals surface area contributed by atoms with Gasteiger partial charge >= 0.3 is 0 Å². The molecule has 1 heterocycles. The molecule has 0 atom stereocenters. The van der Waals surface area contributed by atoms with E-state index in [1.807, 2.05) is 6.20 Å².